The number of primary amides is 1. The monoisotopic (exact) mass is 507 g/mol. The summed E-state index contributed by atoms with van der Waals surface area (Å²) in [6.07, 6.45) is 3.41. The van der Waals surface area contributed by atoms with Gasteiger partial charge >= 0.3 is 0 Å². The molecule has 0 aliphatic carbocycles. The number of hydrogen-bond donors (Lipinski definition) is 2. The van der Waals surface area contributed by atoms with Crippen LogP contribution >= 0.6 is 11.6 Å². The Kier molecular flexibility index (Phi) is 6.93. The Morgan fingerprint density at radius 3 is 2.64 bits per heavy atom. The van der Waals surface area contributed by atoms with E-state index in [2.05, 4.69) is 26.6 Å². The van der Waals surface area contributed by atoms with E-state index in [1.807, 2.05) is 36.4 Å². The molecule has 36 heavy (non-hydrogen) atoms. The predicted molar refractivity (Wildman–Crippen MR) is 142 cm³/mol. The van der Waals surface area contributed by atoms with Crippen LogP contribution < -0.4 is 20.4 Å². The highest BCUT2D eigenvalue weighted by atomic mass is 35.5. The van der Waals surface area contributed by atoms with E-state index in [1.165, 1.54) is 6.20 Å². The lowest BCUT2D eigenvalue weighted by molar-refractivity contribution is 0.1000. The molecule has 2 atom stereocenters. The molecule has 3 aromatic rings. The van der Waals surface area contributed by atoms with Gasteiger partial charge in [0.1, 0.15) is 11.6 Å². The molecule has 2 fully saturated rings. The third kappa shape index (κ3) is 4.81. The SMILES string of the molecule is C[C@@H]1CN(c2ncc(C(N)=O)cc2Cl)CCN1c1cc(-c2ccccc2)nc(N2CCC[C@H]2CO)n1. The predicted octanol–water partition coefficient (Wildman–Crippen LogP) is 2.97. The number of nitrogens with two attached hydrogens (primary N) is 1. The van der Waals surface area contributed by atoms with Crippen molar-refractivity contribution in [1.82, 2.24) is 15.0 Å². The van der Waals surface area contributed by atoms with Gasteiger partial charge in [0.2, 0.25) is 11.9 Å². The summed E-state index contributed by atoms with van der Waals surface area (Å²) < 4.78 is 0. The van der Waals surface area contributed by atoms with Crippen molar-refractivity contribution in [3.8, 4) is 11.3 Å². The van der Waals surface area contributed by atoms with Gasteiger partial charge in [-0.1, -0.05) is 41.9 Å². The molecule has 1 aromatic carbocycles. The normalized spacial score (nSPS) is 20.1. The number of piperazine rings is 1. The summed E-state index contributed by atoms with van der Waals surface area (Å²) in [7, 11) is 0. The molecule has 2 aliphatic heterocycles. The maximum absolute atomic E-state index is 11.5. The zero-order chi connectivity index (χ0) is 25.2. The zero-order valence-electron chi connectivity index (χ0n) is 20.2. The average Bonchev–Trinajstić information content (AvgIpc) is 3.38. The highest BCUT2D eigenvalue weighted by Gasteiger charge is 2.30. The van der Waals surface area contributed by atoms with Gasteiger partial charge in [-0.25, -0.2) is 9.97 Å². The molecule has 4 heterocycles. The first-order chi connectivity index (χ1) is 17.4. The topological polar surface area (TPSA) is 112 Å². The number of pyridine rings is 1. The van der Waals surface area contributed by atoms with Crippen molar-refractivity contribution >= 4 is 35.1 Å². The van der Waals surface area contributed by atoms with Crippen LogP contribution in [0.4, 0.5) is 17.6 Å². The maximum Gasteiger partial charge on any atom is 0.250 e. The molecular weight excluding hydrogens is 478 g/mol. The smallest absolute Gasteiger partial charge is 0.250 e. The first-order valence-electron chi connectivity index (χ1n) is 12.2. The van der Waals surface area contributed by atoms with Crippen molar-refractivity contribution in [2.24, 2.45) is 5.73 Å². The number of hydrogen-bond acceptors (Lipinski definition) is 8. The Morgan fingerprint density at radius 2 is 1.94 bits per heavy atom. The number of benzene rings is 1. The minimum absolute atomic E-state index is 0.0368. The minimum atomic E-state index is -0.552. The van der Waals surface area contributed by atoms with E-state index in [-0.39, 0.29) is 18.7 Å². The van der Waals surface area contributed by atoms with Crippen molar-refractivity contribution in [3.05, 3.63) is 59.2 Å². The van der Waals surface area contributed by atoms with Crippen molar-refractivity contribution in [3.63, 3.8) is 0 Å². The summed E-state index contributed by atoms with van der Waals surface area (Å²) in [4.78, 5) is 32.3. The molecule has 10 heteroatoms. The molecule has 188 valence electrons. The Morgan fingerprint density at radius 1 is 1.14 bits per heavy atom. The zero-order valence-corrected chi connectivity index (χ0v) is 21.0. The second-order valence-electron chi connectivity index (χ2n) is 9.33. The van der Waals surface area contributed by atoms with E-state index < -0.39 is 5.91 Å². The number of carbonyl (C=O) groups is 1. The van der Waals surface area contributed by atoms with Crippen molar-refractivity contribution in [1.29, 1.82) is 0 Å². The molecule has 1 amide bonds. The lowest BCUT2D eigenvalue weighted by Gasteiger charge is -2.41. The third-order valence-corrected chi connectivity index (χ3v) is 7.22. The Labute approximate surface area is 215 Å². The van der Waals surface area contributed by atoms with Crippen LogP contribution in [0.1, 0.15) is 30.1 Å². The molecule has 3 N–H and O–H groups in total. The van der Waals surface area contributed by atoms with Gasteiger partial charge in [0.05, 0.1) is 28.9 Å². The number of halogens is 1. The molecular formula is C26H30ClN7O2. The number of carbonyl (C=O) groups excluding carboxylic acids is 1. The highest BCUT2D eigenvalue weighted by molar-refractivity contribution is 6.33. The fraction of sp³-hybridized carbons (Fsp3) is 0.385. The molecule has 0 unspecified atom stereocenters. The fourth-order valence-electron chi connectivity index (χ4n) is 5.03. The first kappa shape index (κ1) is 24.3. The van der Waals surface area contributed by atoms with Gasteiger partial charge in [0.15, 0.2) is 0 Å². The van der Waals surface area contributed by atoms with E-state index in [1.54, 1.807) is 6.07 Å². The van der Waals surface area contributed by atoms with Crippen LogP contribution in [0.3, 0.4) is 0 Å². The largest absolute Gasteiger partial charge is 0.394 e. The number of aliphatic hydroxyl groups is 1. The number of amides is 1. The van der Waals surface area contributed by atoms with Gasteiger partial charge in [-0.15, -0.1) is 0 Å². The van der Waals surface area contributed by atoms with Crippen molar-refractivity contribution < 1.29 is 9.90 Å². The van der Waals surface area contributed by atoms with Gasteiger partial charge < -0.3 is 25.5 Å². The summed E-state index contributed by atoms with van der Waals surface area (Å²) >= 11 is 6.45. The minimum Gasteiger partial charge on any atom is -0.394 e. The van der Waals surface area contributed by atoms with Crippen molar-refractivity contribution in [2.75, 3.05) is 47.5 Å². The van der Waals surface area contributed by atoms with Crippen LogP contribution in [0.25, 0.3) is 11.3 Å². The number of aliphatic hydroxyl groups excluding tert-OH is 1. The summed E-state index contributed by atoms with van der Waals surface area (Å²) in [5.41, 5.74) is 7.54. The van der Waals surface area contributed by atoms with Crippen LogP contribution in [0.15, 0.2) is 48.7 Å². The maximum atomic E-state index is 11.5. The molecule has 2 saturated heterocycles. The Bertz CT molecular complexity index is 1240. The second kappa shape index (κ2) is 10.3. The number of rotatable bonds is 6. The van der Waals surface area contributed by atoms with E-state index in [9.17, 15) is 9.90 Å². The Hall–Kier alpha value is -3.43. The summed E-state index contributed by atoms with van der Waals surface area (Å²) in [6, 6.07) is 13.9. The van der Waals surface area contributed by atoms with Crippen LogP contribution in [0.5, 0.6) is 0 Å². The first-order valence-corrected chi connectivity index (χ1v) is 12.6. The summed E-state index contributed by atoms with van der Waals surface area (Å²) in [6.45, 7) is 5.16. The average molecular weight is 508 g/mol. The van der Waals surface area contributed by atoms with Gasteiger partial charge in [-0.3, -0.25) is 4.79 Å². The Balaban J connectivity index is 1.44. The molecule has 0 bridgehead atoms. The molecule has 9 nitrogen and oxygen atoms in total. The fourth-order valence-corrected chi connectivity index (χ4v) is 5.32. The molecule has 0 spiro atoms. The van der Waals surface area contributed by atoms with Crippen LogP contribution in [-0.2, 0) is 0 Å². The van der Waals surface area contributed by atoms with Crippen LogP contribution in [0.2, 0.25) is 5.02 Å². The van der Waals surface area contributed by atoms with Crippen molar-refractivity contribution in [2.45, 2.75) is 31.8 Å². The molecule has 0 saturated carbocycles. The molecule has 2 aromatic heterocycles. The van der Waals surface area contributed by atoms with Gasteiger partial charge in [-0.2, -0.15) is 4.98 Å². The number of nitrogens with zero attached hydrogens (tertiary/aromatic N) is 6. The quantitative estimate of drug-likeness (QED) is 0.523. The van der Waals surface area contributed by atoms with E-state index in [0.29, 0.717) is 42.0 Å². The molecule has 5 rings (SSSR count). The van der Waals surface area contributed by atoms with Gasteiger partial charge in [-0.05, 0) is 25.8 Å². The molecule has 2 aliphatic rings. The number of aromatic nitrogens is 3. The number of anilines is 3. The second-order valence-corrected chi connectivity index (χ2v) is 9.74. The van der Waals surface area contributed by atoms with Crippen LogP contribution in [-0.4, -0.2) is 70.8 Å². The molecule has 0 radical (unpaired) electrons. The highest BCUT2D eigenvalue weighted by Crippen LogP contribution is 2.32. The summed E-state index contributed by atoms with van der Waals surface area (Å²) in [5, 5.41) is 10.3. The van der Waals surface area contributed by atoms with E-state index >= 15 is 0 Å². The lowest BCUT2D eigenvalue weighted by Crippen LogP contribution is -2.53. The van der Waals surface area contributed by atoms with E-state index in [4.69, 9.17) is 27.3 Å². The lowest BCUT2D eigenvalue weighted by atomic mass is 10.1. The van der Waals surface area contributed by atoms with E-state index in [0.717, 1.165) is 36.5 Å². The standard InChI is InChI=1S/C26H30ClN7O2/c1-17-15-32(25-21(27)12-19(14-29-25)24(28)36)10-11-33(17)23-13-22(18-6-3-2-4-7-18)30-26(31-23)34-9-5-8-20(34)16-35/h2-4,6-7,12-14,17,20,35H,5,8-11,15-16H2,1H3,(H2,28,36)/t17-,20+/m1/s1. The van der Waals surface area contributed by atoms with Gasteiger partial charge in [0, 0.05) is 50.0 Å². The third-order valence-electron chi connectivity index (χ3n) is 6.94. The van der Waals surface area contributed by atoms with Crippen LogP contribution in [0, 0.1) is 0 Å². The summed E-state index contributed by atoms with van der Waals surface area (Å²) in [5.74, 6) is 1.61. The van der Waals surface area contributed by atoms with Gasteiger partial charge in [0.25, 0.3) is 0 Å².